The van der Waals surface area contributed by atoms with Crippen molar-refractivity contribution in [3.8, 4) is 0 Å². The van der Waals surface area contributed by atoms with Crippen LogP contribution >= 0.6 is 11.6 Å². The molecule has 0 radical (unpaired) electrons. The number of halogens is 1. The summed E-state index contributed by atoms with van der Waals surface area (Å²) in [6, 6.07) is 7.38. The van der Waals surface area contributed by atoms with Crippen LogP contribution < -0.4 is 5.32 Å². The quantitative estimate of drug-likeness (QED) is 0.819. The van der Waals surface area contributed by atoms with Crippen LogP contribution in [-0.2, 0) is 14.6 Å². The number of carbonyl (C=O) groups excluding carboxylic acids is 1. The summed E-state index contributed by atoms with van der Waals surface area (Å²) in [5.74, 6) is -0.376. The number of benzene rings is 1. The Balaban J connectivity index is 2.41. The Kier molecular flexibility index (Phi) is 5.36. The molecule has 8 heteroatoms. The molecule has 1 aromatic carbocycles. The van der Waals surface area contributed by atoms with Crippen molar-refractivity contribution in [3.05, 3.63) is 57.8 Å². The zero-order chi connectivity index (χ0) is 17.9. The van der Waals surface area contributed by atoms with Crippen molar-refractivity contribution in [1.29, 1.82) is 0 Å². The second-order valence-electron chi connectivity index (χ2n) is 5.14. The lowest BCUT2D eigenvalue weighted by molar-refractivity contribution is -0.113. The van der Waals surface area contributed by atoms with Gasteiger partial charge in [-0.05, 0) is 51.1 Å². The van der Waals surface area contributed by atoms with Gasteiger partial charge in [-0.3, -0.25) is 4.79 Å². The summed E-state index contributed by atoms with van der Waals surface area (Å²) in [7, 11) is -3.97. The molecular formula is C16H16ClN3O3S. The molecule has 1 heterocycles. The highest BCUT2D eigenvalue weighted by atomic mass is 35.5. The molecule has 0 atom stereocenters. The fourth-order valence-corrected chi connectivity index (χ4v) is 3.50. The van der Waals surface area contributed by atoms with Crippen molar-refractivity contribution in [1.82, 2.24) is 9.97 Å². The molecule has 0 amide bonds. The molecule has 0 bridgehead atoms. The molecule has 0 aliphatic heterocycles. The van der Waals surface area contributed by atoms with Crippen LogP contribution in [0.15, 0.2) is 46.3 Å². The number of hydrogen-bond donors (Lipinski definition) is 1. The van der Waals surface area contributed by atoms with Crippen LogP contribution in [0.2, 0.25) is 5.02 Å². The van der Waals surface area contributed by atoms with Crippen molar-refractivity contribution < 1.29 is 13.2 Å². The fourth-order valence-electron chi connectivity index (χ4n) is 2.03. The predicted molar refractivity (Wildman–Crippen MR) is 92.5 cm³/mol. The number of aryl methyl sites for hydroxylation is 2. The summed E-state index contributed by atoms with van der Waals surface area (Å²) in [6.45, 7) is 4.77. The monoisotopic (exact) mass is 365 g/mol. The first kappa shape index (κ1) is 18.1. The number of sulfone groups is 1. The lowest BCUT2D eigenvalue weighted by atomic mass is 10.3. The molecule has 0 aliphatic carbocycles. The van der Waals surface area contributed by atoms with Gasteiger partial charge in [0.1, 0.15) is 4.91 Å². The number of Topliss-reactive ketones (excluding diaryl/α,β-unsaturated/α-hetero) is 1. The molecule has 0 fully saturated rings. The summed E-state index contributed by atoms with van der Waals surface area (Å²) in [5.41, 5.74) is 1.45. The maximum absolute atomic E-state index is 12.6. The van der Waals surface area contributed by atoms with Gasteiger partial charge in [0.15, 0.2) is 5.78 Å². The number of nitrogens with zero attached hydrogens (tertiary/aromatic N) is 2. The Morgan fingerprint density at radius 2 is 1.67 bits per heavy atom. The molecule has 6 nitrogen and oxygen atoms in total. The minimum atomic E-state index is -3.97. The highest BCUT2D eigenvalue weighted by Crippen LogP contribution is 2.22. The Bertz CT molecular complexity index is 886. The summed E-state index contributed by atoms with van der Waals surface area (Å²) in [6.07, 6.45) is 1.11. The molecule has 0 saturated carbocycles. The van der Waals surface area contributed by atoms with Gasteiger partial charge in [-0.25, -0.2) is 18.4 Å². The summed E-state index contributed by atoms with van der Waals surface area (Å²) in [4.78, 5) is 19.7. The third kappa shape index (κ3) is 4.18. The predicted octanol–water partition coefficient (Wildman–Crippen LogP) is 3.06. The Hall–Kier alpha value is -2.25. The maximum Gasteiger partial charge on any atom is 0.227 e. The highest BCUT2D eigenvalue weighted by molar-refractivity contribution is 7.96. The summed E-state index contributed by atoms with van der Waals surface area (Å²) in [5, 5.41) is 3.09. The van der Waals surface area contributed by atoms with Gasteiger partial charge in [0.2, 0.25) is 15.8 Å². The average Bonchev–Trinajstić information content (AvgIpc) is 2.46. The molecule has 1 aromatic heterocycles. The van der Waals surface area contributed by atoms with E-state index in [9.17, 15) is 13.2 Å². The van der Waals surface area contributed by atoms with Crippen LogP contribution in [0.25, 0.3) is 0 Å². The zero-order valence-electron chi connectivity index (χ0n) is 13.4. The molecule has 0 spiro atoms. The van der Waals surface area contributed by atoms with Gasteiger partial charge < -0.3 is 5.32 Å². The van der Waals surface area contributed by atoms with Gasteiger partial charge in [-0.1, -0.05) is 11.6 Å². The first-order valence-electron chi connectivity index (χ1n) is 7.01. The lowest BCUT2D eigenvalue weighted by Crippen LogP contribution is -2.13. The molecule has 0 saturated heterocycles. The van der Waals surface area contributed by atoms with Crippen molar-refractivity contribution in [2.75, 3.05) is 5.32 Å². The van der Waals surface area contributed by atoms with E-state index in [0.717, 1.165) is 17.6 Å². The number of hydrogen-bond acceptors (Lipinski definition) is 6. The van der Waals surface area contributed by atoms with Gasteiger partial charge >= 0.3 is 0 Å². The van der Waals surface area contributed by atoms with Crippen LogP contribution in [0.5, 0.6) is 0 Å². The van der Waals surface area contributed by atoms with Crippen LogP contribution in [0.3, 0.4) is 0 Å². The first-order chi connectivity index (χ1) is 11.2. The normalized spacial score (nSPS) is 12.1. The van der Waals surface area contributed by atoms with Crippen LogP contribution in [0.1, 0.15) is 18.3 Å². The SMILES string of the molecule is CC(=O)C(=CNc1nc(C)cc(C)n1)S(=O)(=O)c1ccc(Cl)cc1. The second-order valence-corrected chi connectivity index (χ2v) is 7.50. The molecule has 24 heavy (non-hydrogen) atoms. The summed E-state index contributed by atoms with van der Waals surface area (Å²) >= 11 is 5.77. The van der Waals surface area contributed by atoms with Crippen LogP contribution in [-0.4, -0.2) is 24.2 Å². The minimum absolute atomic E-state index is 0.0171. The van der Waals surface area contributed by atoms with Gasteiger partial charge in [0.25, 0.3) is 0 Å². The second kappa shape index (κ2) is 7.11. The molecule has 2 aromatic rings. The maximum atomic E-state index is 12.6. The molecular weight excluding hydrogens is 350 g/mol. The van der Waals surface area contributed by atoms with Gasteiger partial charge in [-0.15, -0.1) is 0 Å². The minimum Gasteiger partial charge on any atom is -0.329 e. The Labute approximate surface area is 145 Å². The van der Waals surface area contributed by atoms with E-state index in [1.807, 2.05) is 0 Å². The lowest BCUT2D eigenvalue weighted by Gasteiger charge is -2.08. The summed E-state index contributed by atoms with van der Waals surface area (Å²) < 4.78 is 25.3. The van der Waals surface area contributed by atoms with E-state index in [4.69, 9.17) is 11.6 Å². The first-order valence-corrected chi connectivity index (χ1v) is 8.87. The molecule has 1 N–H and O–H groups in total. The van der Waals surface area contributed by atoms with Gasteiger partial charge in [0.05, 0.1) is 4.90 Å². The molecule has 2 rings (SSSR count). The number of rotatable bonds is 5. The number of anilines is 1. The third-order valence-corrected chi connectivity index (χ3v) is 5.20. The van der Waals surface area contributed by atoms with Crippen molar-refractivity contribution in [2.45, 2.75) is 25.7 Å². The topological polar surface area (TPSA) is 89.0 Å². The van der Waals surface area contributed by atoms with E-state index in [2.05, 4.69) is 15.3 Å². The van der Waals surface area contributed by atoms with E-state index in [-0.39, 0.29) is 15.7 Å². The molecule has 0 unspecified atom stereocenters. The van der Waals surface area contributed by atoms with E-state index in [1.165, 1.54) is 31.2 Å². The number of aromatic nitrogens is 2. The fraction of sp³-hybridized carbons (Fsp3) is 0.188. The number of carbonyl (C=O) groups is 1. The van der Waals surface area contributed by atoms with E-state index < -0.39 is 15.6 Å². The highest BCUT2D eigenvalue weighted by Gasteiger charge is 2.24. The molecule has 0 aliphatic rings. The number of ketones is 1. The van der Waals surface area contributed by atoms with Crippen molar-refractivity contribution >= 4 is 33.2 Å². The Morgan fingerprint density at radius 1 is 1.12 bits per heavy atom. The van der Waals surface area contributed by atoms with E-state index in [0.29, 0.717) is 5.02 Å². The third-order valence-electron chi connectivity index (χ3n) is 3.08. The van der Waals surface area contributed by atoms with Gasteiger partial charge in [0, 0.05) is 22.6 Å². The zero-order valence-corrected chi connectivity index (χ0v) is 14.9. The number of nitrogens with one attached hydrogen (secondary N) is 1. The molecule has 126 valence electrons. The average molecular weight is 366 g/mol. The van der Waals surface area contributed by atoms with Crippen molar-refractivity contribution in [2.24, 2.45) is 0 Å². The van der Waals surface area contributed by atoms with Crippen molar-refractivity contribution in [3.63, 3.8) is 0 Å². The standard InChI is InChI=1S/C16H16ClN3O3S/c1-10-8-11(2)20-16(19-10)18-9-15(12(3)21)24(22,23)14-6-4-13(17)5-7-14/h4-9H,1-3H3,(H,18,19,20). The smallest absolute Gasteiger partial charge is 0.227 e. The number of allylic oxidation sites excluding steroid dienone is 1. The largest absolute Gasteiger partial charge is 0.329 e. The van der Waals surface area contributed by atoms with Crippen LogP contribution in [0, 0.1) is 13.8 Å². The van der Waals surface area contributed by atoms with E-state index in [1.54, 1.807) is 19.9 Å². The van der Waals surface area contributed by atoms with E-state index >= 15 is 0 Å². The van der Waals surface area contributed by atoms with Gasteiger partial charge in [-0.2, -0.15) is 0 Å². The Morgan fingerprint density at radius 3 is 2.17 bits per heavy atom. The van der Waals surface area contributed by atoms with Crippen LogP contribution in [0.4, 0.5) is 5.95 Å².